The molecule has 1 aliphatic rings. The summed E-state index contributed by atoms with van der Waals surface area (Å²) in [5.41, 5.74) is 0.0860. The molecule has 0 radical (unpaired) electrons. The van der Waals surface area contributed by atoms with Gasteiger partial charge in [0.15, 0.2) is 0 Å². The molecular formula is C9H16O3. The Morgan fingerprint density at radius 3 is 2.33 bits per heavy atom. The fourth-order valence-electron chi connectivity index (χ4n) is 1.56. The van der Waals surface area contributed by atoms with Crippen LogP contribution in [0.4, 0.5) is 4.79 Å². The molecule has 70 valence electrons. The summed E-state index contributed by atoms with van der Waals surface area (Å²) in [6, 6.07) is 0. The minimum absolute atomic E-state index is 0.0860. The SMILES string of the molecule is CCCC1(CC)COC(=O)OC1. The lowest BCUT2D eigenvalue weighted by Crippen LogP contribution is -2.38. The molecule has 3 nitrogen and oxygen atoms in total. The van der Waals surface area contributed by atoms with Crippen LogP contribution in [0.2, 0.25) is 0 Å². The first kappa shape index (κ1) is 9.36. The third-order valence-corrected chi connectivity index (χ3v) is 2.52. The van der Waals surface area contributed by atoms with Crippen molar-refractivity contribution in [3.05, 3.63) is 0 Å². The van der Waals surface area contributed by atoms with Gasteiger partial charge in [0, 0.05) is 5.41 Å². The van der Waals surface area contributed by atoms with Crippen LogP contribution in [0.3, 0.4) is 0 Å². The molecule has 1 heterocycles. The summed E-state index contributed by atoms with van der Waals surface area (Å²) < 4.78 is 9.75. The van der Waals surface area contributed by atoms with Crippen LogP contribution in [-0.4, -0.2) is 19.4 Å². The molecular weight excluding hydrogens is 156 g/mol. The van der Waals surface area contributed by atoms with Crippen LogP contribution >= 0.6 is 0 Å². The summed E-state index contributed by atoms with van der Waals surface area (Å²) in [7, 11) is 0. The lowest BCUT2D eigenvalue weighted by atomic mass is 9.82. The van der Waals surface area contributed by atoms with E-state index in [2.05, 4.69) is 13.8 Å². The molecule has 0 aromatic rings. The third kappa shape index (κ3) is 1.90. The van der Waals surface area contributed by atoms with Crippen molar-refractivity contribution >= 4 is 6.16 Å². The topological polar surface area (TPSA) is 35.5 Å². The molecule has 1 saturated heterocycles. The van der Waals surface area contributed by atoms with Gasteiger partial charge in [-0.2, -0.15) is 0 Å². The molecule has 0 N–H and O–H groups in total. The average Bonchev–Trinajstić information content (AvgIpc) is 2.10. The highest BCUT2D eigenvalue weighted by Gasteiger charge is 2.34. The molecule has 0 spiro atoms. The average molecular weight is 172 g/mol. The van der Waals surface area contributed by atoms with Gasteiger partial charge in [-0.05, 0) is 12.8 Å². The lowest BCUT2D eigenvalue weighted by Gasteiger charge is -2.34. The number of carbonyl (C=O) groups excluding carboxylic acids is 1. The summed E-state index contributed by atoms with van der Waals surface area (Å²) in [5, 5.41) is 0. The van der Waals surface area contributed by atoms with E-state index in [-0.39, 0.29) is 5.41 Å². The maximum absolute atomic E-state index is 10.6. The quantitative estimate of drug-likeness (QED) is 0.613. The van der Waals surface area contributed by atoms with E-state index in [1.807, 2.05) is 0 Å². The monoisotopic (exact) mass is 172 g/mol. The predicted molar refractivity (Wildman–Crippen MR) is 44.9 cm³/mol. The summed E-state index contributed by atoms with van der Waals surface area (Å²) in [6.45, 7) is 5.29. The van der Waals surface area contributed by atoms with E-state index in [1.165, 1.54) is 0 Å². The predicted octanol–water partition coefficient (Wildman–Crippen LogP) is 2.35. The first-order valence-corrected chi connectivity index (χ1v) is 4.52. The summed E-state index contributed by atoms with van der Waals surface area (Å²) >= 11 is 0. The van der Waals surface area contributed by atoms with Crippen molar-refractivity contribution in [1.29, 1.82) is 0 Å². The van der Waals surface area contributed by atoms with E-state index in [1.54, 1.807) is 0 Å². The van der Waals surface area contributed by atoms with Crippen molar-refractivity contribution in [1.82, 2.24) is 0 Å². The fourth-order valence-corrected chi connectivity index (χ4v) is 1.56. The standard InChI is InChI=1S/C9H16O3/c1-3-5-9(4-2)6-11-8(10)12-7-9/h3-7H2,1-2H3. The van der Waals surface area contributed by atoms with E-state index < -0.39 is 6.16 Å². The maximum Gasteiger partial charge on any atom is 0.508 e. The Morgan fingerprint density at radius 1 is 1.33 bits per heavy atom. The van der Waals surface area contributed by atoms with Crippen LogP contribution in [0.25, 0.3) is 0 Å². The van der Waals surface area contributed by atoms with Crippen molar-refractivity contribution in [2.24, 2.45) is 5.41 Å². The summed E-state index contributed by atoms with van der Waals surface area (Å²) in [5.74, 6) is 0. The van der Waals surface area contributed by atoms with Gasteiger partial charge < -0.3 is 9.47 Å². The van der Waals surface area contributed by atoms with Gasteiger partial charge in [0.2, 0.25) is 0 Å². The Bertz CT molecular complexity index is 155. The Kier molecular flexibility index (Phi) is 2.95. The molecule has 0 aliphatic carbocycles. The number of carbonyl (C=O) groups is 1. The minimum Gasteiger partial charge on any atom is -0.434 e. The molecule has 0 saturated carbocycles. The smallest absolute Gasteiger partial charge is 0.434 e. The summed E-state index contributed by atoms with van der Waals surface area (Å²) in [4.78, 5) is 10.6. The first-order chi connectivity index (χ1) is 5.72. The fraction of sp³-hybridized carbons (Fsp3) is 0.889. The molecule has 0 amide bonds. The number of hydrogen-bond acceptors (Lipinski definition) is 3. The Morgan fingerprint density at radius 2 is 1.92 bits per heavy atom. The van der Waals surface area contributed by atoms with Crippen LogP contribution in [0, 0.1) is 5.41 Å². The highest BCUT2D eigenvalue weighted by atomic mass is 16.7. The zero-order valence-corrected chi connectivity index (χ0v) is 7.76. The zero-order valence-electron chi connectivity index (χ0n) is 7.76. The molecule has 3 heteroatoms. The van der Waals surface area contributed by atoms with E-state index in [9.17, 15) is 4.79 Å². The first-order valence-electron chi connectivity index (χ1n) is 4.52. The van der Waals surface area contributed by atoms with Gasteiger partial charge in [-0.25, -0.2) is 4.79 Å². The molecule has 1 fully saturated rings. The highest BCUT2D eigenvalue weighted by molar-refractivity contribution is 5.60. The van der Waals surface area contributed by atoms with Gasteiger partial charge in [0.05, 0.1) is 0 Å². The van der Waals surface area contributed by atoms with Gasteiger partial charge in [0.25, 0.3) is 0 Å². The molecule has 0 unspecified atom stereocenters. The number of ether oxygens (including phenoxy) is 2. The number of hydrogen-bond donors (Lipinski definition) is 0. The molecule has 12 heavy (non-hydrogen) atoms. The van der Waals surface area contributed by atoms with Crippen molar-refractivity contribution in [3.63, 3.8) is 0 Å². The maximum atomic E-state index is 10.6. The van der Waals surface area contributed by atoms with Crippen LogP contribution in [-0.2, 0) is 9.47 Å². The van der Waals surface area contributed by atoms with E-state index in [0.29, 0.717) is 13.2 Å². The van der Waals surface area contributed by atoms with Gasteiger partial charge in [-0.15, -0.1) is 0 Å². The Hall–Kier alpha value is -0.730. The van der Waals surface area contributed by atoms with Crippen LogP contribution in [0.5, 0.6) is 0 Å². The minimum atomic E-state index is -0.518. The number of cyclic esters (lactones) is 2. The molecule has 0 atom stereocenters. The van der Waals surface area contributed by atoms with Gasteiger partial charge >= 0.3 is 6.16 Å². The second kappa shape index (κ2) is 3.78. The molecule has 0 bridgehead atoms. The molecule has 1 aliphatic heterocycles. The largest absolute Gasteiger partial charge is 0.508 e. The lowest BCUT2D eigenvalue weighted by molar-refractivity contribution is -0.0650. The second-order valence-corrected chi connectivity index (χ2v) is 3.43. The van der Waals surface area contributed by atoms with E-state index >= 15 is 0 Å². The van der Waals surface area contributed by atoms with Crippen molar-refractivity contribution < 1.29 is 14.3 Å². The second-order valence-electron chi connectivity index (χ2n) is 3.43. The van der Waals surface area contributed by atoms with Crippen LogP contribution < -0.4 is 0 Å². The number of rotatable bonds is 3. The van der Waals surface area contributed by atoms with Crippen molar-refractivity contribution in [2.45, 2.75) is 33.1 Å². The van der Waals surface area contributed by atoms with E-state index in [0.717, 1.165) is 19.3 Å². The normalized spacial score (nSPS) is 21.3. The van der Waals surface area contributed by atoms with E-state index in [4.69, 9.17) is 9.47 Å². The van der Waals surface area contributed by atoms with Gasteiger partial charge in [-0.3, -0.25) is 0 Å². The van der Waals surface area contributed by atoms with Crippen LogP contribution in [0.1, 0.15) is 33.1 Å². The summed E-state index contributed by atoms with van der Waals surface area (Å²) in [6.07, 6.45) is 2.66. The van der Waals surface area contributed by atoms with Crippen LogP contribution in [0.15, 0.2) is 0 Å². The molecule has 1 rings (SSSR count). The van der Waals surface area contributed by atoms with Gasteiger partial charge in [-0.1, -0.05) is 20.3 Å². The van der Waals surface area contributed by atoms with Crippen molar-refractivity contribution in [3.8, 4) is 0 Å². The third-order valence-electron chi connectivity index (χ3n) is 2.52. The molecule has 0 aromatic heterocycles. The van der Waals surface area contributed by atoms with Gasteiger partial charge in [0.1, 0.15) is 13.2 Å². The Labute approximate surface area is 73.0 Å². The highest BCUT2D eigenvalue weighted by Crippen LogP contribution is 2.31. The zero-order chi connectivity index (χ0) is 9.03. The molecule has 0 aromatic carbocycles. The van der Waals surface area contributed by atoms with Crippen molar-refractivity contribution in [2.75, 3.05) is 13.2 Å². The Balaban J connectivity index is 2.50.